The minimum atomic E-state index is 0.764. The van der Waals surface area contributed by atoms with E-state index in [0.717, 1.165) is 17.0 Å². The number of rotatable bonds is 2. The van der Waals surface area contributed by atoms with Gasteiger partial charge < -0.3 is 4.74 Å². The number of aryl methyl sites for hydroxylation is 1. The van der Waals surface area contributed by atoms with Crippen molar-refractivity contribution in [2.24, 2.45) is 0 Å². The largest absolute Gasteiger partial charge is 0.495 e. The highest BCUT2D eigenvalue weighted by Crippen LogP contribution is 2.25. The number of nitrogens with one attached hydrogen (secondary N) is 1. The van der Waals surface area contributed by atoms with Crippen LogP contribution < -0.4 is 9.57 Å². The molecule has 0 aromatic heterocycles. The van der Waals surface area contributed by atoms with Crippen LogP contribution in [0.3, 0.4) is 0 Å². The molecule has 1 aromatic carbocycles. The highest BCUT2D eigenvalue weighted by Gasteiger charge is 1.99. The third kappa shape index (κ3) is 1.77. The molecule has 1 rings (SSSR count). The summed E-state index contributed by atoms with van der Waals surface area (Å²) >= 11 is 5.43. The van der Waals surface area contributed by atoms with Gasteiger partial charge in [-0.2, -0.15) is 0 Å². The van der Waals surface area contributed by atoms with E-state index in [1.54, 1.807) is 7.11 Å². The predicted octanol–water partition coefficient (Wildman–Crippen LogP) is 2.57. The Morgan fingerprint density at radius 1 is 1.45 bits per heavy atom. The molecule has 0 radical (unpaired) electrons. The van der Waals surface area contributed by atoms with Gasteiger partial charge in [-0.25, -0.2) is 0 Å². The molecule has 0 spiro atoms. The van der Waals surface area contributed by atoms with Gasteiger partial charge in [-0.3, -0.25) is 4.84 Å². The Kier molecular flexibility index (Phi) is 2.60. The zero-order chi connectivity index (χ0) is 8.27. The zero-order valence-electron chi connectivity index (χ0n) is 6.52. The van der Waals surface area contributed by atoms with Gasteiger partial charge in [-0.05, 0) is 24.6 Å². The van der Waals surface area contributed by atoms with Gasteiger partial charge >= 0.3 is 0 Å². The molecular weight excluding hydrogens is 162 g/mol. The Morgan fingerprint density at radius 2 is 2.18 bits per heavy atom. The minimum Gasteiger partial charge on any atom is -0.495 e. The number of benzene rings is 1. The van der Waals surface area contributed by atoms with E-state index in [1.807, 2.05) is 25.1 Å². The fourth-order valence-corrected chi connectivity index (χ4v) is 1.03. The lowest BCUT2D eigenvalue weighted by molar-refractivity contribution is 0.416. The summed E-state index contributed by atoms with van der Waals surface area (Å²) < 4.78 is 5.07. The van der Waals surface area contributed by atoms with Crippen LogP contribution in [0.1, 0.15) is 5.56 Å². The van der Waals surface area contributed by atoms with Gasteiger partial charge in [0.15, 0.2) is 0 Å². The number of halogens is 1. The van der Waals surface area contributed by atoms with Gasteiger partial charge in [0, 0.05) is 11.8 Å². The van der Waals surface area contributed by atoms with E-state index >= 15 is 0 Å². The molecule has 0 unspecified atom stereocenters. The first-order chi connectivity index (χ1) is 5.27. The van der Waals surface area contributed by atoms with Gasteiger partial charge in [0.25, 0.3) is 0 Å². The number of anilines is 1. The lowest BCUT2D eigenvalue weighted by Crippen LogP contribution is -1.89. The Morgan fingerprint density at radius 3 is 2.73 bits per heavy atom. The van der Waals surface area contributed by atoms with Crippen molar-refractivity contribution in [1.82, 2.24) is 0 Å². The number of hydrogen-bond acceptors (Lipinski definition) is 2. The standard InChI is InChI=1S/C8H10ClNO/c1-6-3-4-7(10-9)8(5-6)11-2/h3-5,10H,1-2H3. The van der Waals surface area contributed by atoms with Gasteiger partial charge in [-0.1, -0.05) is 6.07 Å². The first-order valence-electron chi connectivity index (χ1n) is 3.29. The van der Waals surface area contributed by atoms with Crippen molar-refractivity contribution >= 4 is 17.5 Å². The monoisotopic (exact) mass is 171 g/mol. The smallest absolute Gasteiger partial charge is 0.143 e. The molecule has 0 fully saturated rings. The van der Waals surface area contributed by atoms with E-state index in [-0.39, 0.29) is 0 Å². The third-order valence-electron chi connectivity index (χ3n) is 1.46. The van der Waals surface area contributed by atoms with Crippen LogP contribution in [0.15, 0.2) is 18.2 Å². The molecule has 1 aromatic rings. The van der Waals surface area contributed by atoms with Crippen molar-refractivity contribution in [2.45, 2.75) is 6.92 Å². The summed E-state index contributed by atoms with van der Waals surface area (Å²) in [7, 11) is 1.62. The first-order valence-corrected chi connectivity index (χ1v) is 3.67. The molecule has 0 aliphatic carbocycles. The Labute approximate surface area is 71.2 Å². The van der Waals surface area contributed by atoms with Gasteiger partial charge in [0.05, 0.1) is 12.8 Å². The van der Waals surface area contributed by atoms with Crippen LogP contribution in [0.2, 0.25) is 0 Å². The topological polar surface area (TPSA) is 21.3 Å². The van der Waals surface area contributed by atoms with Crippen LogP contribution in [-0.4, -0.2) is 7.11 Å². The molecule has 11 heavy (non-hydrogen) atoms. The predicted molar refractivity (Wildman–Crippen MR) is 47.2 cm³/mol. The number of methoxy groups -OCH3 is 1. The summed E-state index contributed by atoms with van der Waals surface area (Å²) in [4.78, 5) is 2.52. The molecule has 0 heterocycles. The second-order valence-electron chi connectivity index (χ2n) is 2.30. The number of hydrogen-bond donors (Lipinski definition) is 1. The van der Waals surface area contributed by atoms with E-state index in [4.69, 9.17) is 16.5 Å². The zero-order valence-corrected chi connectivity index (χ0v) is 7.27. The third-order valence-corrected chi connectivity index (χ3v) is 1.66. The molecule has 0 aliphatic heterocycles. The normalized spacial score (nSPS) is 9.36. The molecular formula is C8H10ClNO. The maximum Gasteiger partial charge on any atom is 0.143 e. The molecule has 0 atom stereocenters. The van der Waals surface area contributed by atoms with Crippen molar-refractivity contribution < 1.29 is 4.74 Å². The van der Waals surface area contributed by atoms with Crippen LogP contribution in [-0.2, 0) is 0 Å². The summed E-state index contributed by atoms with van der Waals surface area (Å²) in [6.45, 7) is 2.00. The molecule has 0 saturated heterocycles. The first kappa shape index (κ1) is 8.21. The van der Waals surface area contributed by atoms with Crippen LogP contribution >= 0.6 is 11.8 Å². The van der Waals surface area contributed by atoms with E-state index in [0.29, 0.717) is 0 Å². The van der Waals surface area contributed by atoms with Gasteiger partial charge in [-0.15, -0.1) is 0 Å². The molecule has 3 heteroatoms. The van der Waals surface area contributed by atoms with Crippen LogP contribution in [0.25, 0.3) is 0 Å². The summed E-state index contributed by atoms with van der Waals surface area (Å²) in [5, 5.41) is 0. The van der Waals surface area contributed by atoms with Gasteiger partial charge in [0.2, 0.25) is 0 Å². The van der Waals surface area contributed by atoms with E-state index in [1.165, 1.54) is 0 Å². The molecule has 2 nitrogen and oxygen atoms in total. The maximum absolute atomic E-state index is 5.43. The molecule has 0 bridgehead atoms. The van der Waals surface area contributed by atoms with Crippen molar-refractivity contribution in [3.8, 4) is 5.75 Å². The summed E-state index contributed by atoms with van der Waals surface area (Å²) in [6.07, 6.45) is 0. The SMILES string of the molecule is COc1cc(C)ccc1NCl. The lowest BCUT2D eigenvalue weighted by Gasteiger charge is -2.06. The summed E-state index contributed by atoms with van der Waals surface area (Å²) in [6, 6.07) is 5.76. The van der Waals surface area contributed by atoms with Crippen LogP contribution in [0.4, 0.5) is 5.69 Å². The van der Waals surface area contributed by atoms with Crippen molar-refractivity contribution in [3.05, 3.63) is 23.8 Å². The van der Waals surface area contributed by atoms with E-state index in [2.05, 4.69) is 4.84 Å². The summed E-state index contributed by atoms with van der Waals surface area (Å²) in [5.74, 6) is 0.764. The quantitative estimate of drug-likeness (QED) is 0.691. The Hall–Kier alpha value is -0.890. The van der Waals surface area contributed by atoms with Crippen LogP contribution in [0, 0.1) is 6.92 Å². The van der Waals surface area contributed by atoms with Crippen molar-refractivity contribution in [2.75, 3.05) is 11.9 Å². The van der Waals surface area contributed by atoms with Gasteiger partial charge in [0.1, 0.15) is 5.75 Å². The second kappa shape index (κ2) is 3.49. The highest BCUT2D eigenvalue weighted by atomic mass is 35.5. The maximum atomic E-state index is 5.43. The van der Waals surface area contributed by atoms with Crippen molar-refractivity contribution in [3.63, 3.8) is 0 Å². The second-order valence-corrected chi connectivity index (χ2v) is 2.49. The average Bonchev–Trinajstić information content (AvgIpc) is 2.04. The molecule has 1 N–H and O–H groups in total. The lowest BCUT2D eigenvalue weighted by atomic mass is 10.2. The van der Waals surface area contributed by atoms with Crippen LogP contribution in [0.5, 0.6) is 5.75 Å². The Bertz CT molecular complexity index is 250. The summed E-state index contributed by atoms with van der Waals surface area (Å²) in [5.41, 5.74) is 1.94. The molecule has 0 amide bonds. The van der Waals surface area contributed by atoms with Crippen molar-refractivity contribution in [1.29, 1.82) is 0 Å². The fourth-order valence-electron chi connectivity index (χ4n) is 0.877. The molecule has 0 saturated carbocycles. The molecule has 0 aliphatic rings. The fraction of sp³-hybridized carbons (Fsp3) is 0.250. The average molecular weight is 172 g/mol. The minimum absolute atomic E-state index is 0.764. The molecule has 60 valence electrons. The highest BCUT2D eigenvalue weighted by molar-refractivity contribution is 6.24. The number of ether oxygens (including phenoxy) is 1. The van der Waals surface area contributed by atoms with E-state index in [9.17, 15) is 0 Å². The van der Waals surface area contributed by atoms with E-state index < -0.39 is 0 Å². The Balaban J connectivity index is 3.06.